The van der Waals surface area contributed by atoms with Crippen molar-refractivity contribution in [3.8, 4) is 44.5 Å². The molecule has 0 atom stereocenters. The van der Waals surface area contributed by atoms with Crippen molar-refractivity contribution in [2.45, 2.75) is 0 Å². The van der Waals surface area contributed by atoms with E-state index in [9.17, 15) is 0 Å². The van der Waals surface area contributed by atoms with Gasteiger partial charge in [0.2, 0.25) is 0 Å². The maximum atomic E-state index is 6.80. The van der Waals surface area contributed by atoms with E-state index >= 15 is 0 Å². The molecule has 0 aliphatic carbocycles. The van der Waals surface area contributed by atoms with Crippen LogP contribution in [0.3, 0.4) is 0 Å². The zero-order valence-electron chi connectivity index (χ0n) is 29.6. The van der Waals surface area contributed by atoms with Gasteiger partial charge in [0.25, 0.3) is 0 Å². The van der Waals surface area contributed by atoms with Crippen LogP contribution in [0.5, 0.6) is 0 Å². The van der Waals surface area contributed by atoms with E-state index < -0.39 is 0 Å². The number of nitrogens with zero attached hydrogens (tertiary/aromatic N) is 1. The third-order valence-corrected chi connectivity index (χ3v) is 10.5. The molecule has 0 amide bonds. The summed E-state index contributed by atoms with van der Waals surface area (Å²) in [5.74, 6) is 0. The summed E-state index contributed by atoms with van der Waals surface area (Å²) in [6, 6.07) is 75.7. The lowest BCUT2D eigenvalue weighted by Gasteiger charge is -2.26. The minimum Gasteiger partial charge on any atom is -0.455 e. The molecule has 9 aromatic carbocycles. The van der Waals surface area contributed by atoms with Crippen LogP contribution in [0.15, 0.2) is 217 Å². The summed E-state index contributed by atoms with van der Waals surface area (Å²) in [4.78, 5) is 2.35. The highest BCUT2D eigenvalue weighted by Crippen LogP contribution is 2.46. The molecule has 0 fully saturated rings. The fraction of sp³-hybridized carbons (Fsp3) is 0. The molecule has 0 bridgehead atoms. The van der Waals surface area contributed by atoms with Gasteiger partial charge in [0.1, 0.15) is 11.2 Å². The van der Waals surface area contributed by atoms with Crippen molar-refractivity contribution >= 4 is 49.8 Å². The van der Waals surface area contributed by atoms with Crippen LogP contribution < -0.4 is 4.90 Å². The van der Waals surface area contributed by atoms with E-state index in [1.165, 1.54) is 49.9 Å². The number of fused-ring (bicyclic) bond motifs is 5. The van der Waals surface area contributed by atoms with E-state index in [1.54, 1.807) is 0 Å². The Labute approximate surface area is 314 Å². The van der Waals surface area contributed by atoms with Crippen molar-refractivity contribution < 1.29 is 4.42 Å². The van der Waals surface area contributed by atoms with Gasteiger partial charge < -0.3 is 9.32 Å². The molecule has 0 saturated heterocycles. The molecule has 0 N–H and O–H groups in total. The molecule has 54 heavy (non-hydrogen) atoms. The first kappa shape index (κ1) is 31.6. The Morgan fingerprint density at radius 2 is 0.796 bits per heavy atom. The first-order chi connectivity index (χ1) is 26.8. The van der Waals surface area contributed by atoms with Gasteiger partial charge in [-0.25, -0.2) is 0 Å². The topological polar surface area (TPSA) is 16.4 Å². The number of para-hydroxylation sites is 1. The van der Waals surface area contributed by atoms with Crippen molar-refractivity contribution in [2.24, 2.45) is 0 Å². The fourth-order valence-electron chi connectivity index (χ4n) is 7.84. The molecule has 0 aliphatic heterocycles. The normalized spacial score (nSPS) is 11.3. The van der Waals surface area contributed by atoms with Crippen LogP contribution in [0.4, 0.5) is 17.1 Å². The highest BCUT2D eigenvalue weighted by atomic mass is 16.3. The summed E-state index contributed by atoms with van der Waals surface area (Å²) in [5, 5.41) is 4.45. The third-order valence-electron chi connectivity index (χ3n) is 10.5. The van der Waals surface area contributed by atoms with E-state index in [-0.39, 0.29) is 0 Å². The van der Waals surface area contributed by atoms with E-state index in [1.807, 2.05) is 0 Å². The van der Waals surface area contributed by atoms with Crippen molar-refractivity contribution in [3.63, 3.8) is 0 Å². The lowest BCUT2D eigenvalue weighted by Crippen LogP contribution is -2.10. The number of rotatable bonds is 7. The monoisotopic (exact) mass is 689 g/mol. The maximum absolute atomic E-state index is 6.80. The van der Waals surface area contributed by atoms with Gasteiger partial charge in [0.05, 0.1) is 11.1 Å². The minimum atomic E-state index is 0.860. The van der Waals surface area contributed by atoms with Gasteiger partial charge in [0.15, 0.2) is 0 Å². The van der Waals surface area contributed by atoms with Crippen LogP contribution in [0.1, 0.15) is 0 Å². The fourth-order valence-corrected chi connectivity index (χ4v) is 7.84. The second kappa shape index (κ2) is 13.4. The number of furan rings is 1. The Morgan fingerprint density at radius 3 is 1.46 bits per heavy atom. The molecule has 1 aromatic heterocycles. The minimum absolute atomic E-state index is 0.860. The highest BCUT2D eigenvalue weighted by Gasteiger charge is 2.22. The average molecular weight is 690 g/mol. The standard InChI is InChI=1S/C52H35NO/c1-4-14-36(15-5-1)38-26-28-39(29-27-38)40-30-32-44(33-31-40)53(43-20-8-3-9-21-43)49-24-13-25-50-51(49)48-35-47(45-22-10-11-23-46(45)52(48)54-50)42-19-12-18-41(34-42)37-16-6-2-7-17-37/h1-35H. The van der Waals surface area contributed by atoms with Crippen LogP contribution >= 0.6 is 0 Å². The largest absolute Gasteiger partial charge is 0.455 e. The van der Waals surface area contributed by atoms with Gasteiger partial charge in [-0.1, -0.05) is 164 Å². The lowest BCUT2D eigenvalue weighted by molar-refractivity contribution is 0.672. The summed E-state index contributed by atoms with van der Waals surface area (Å²) in [5.41, 5.74) is 14.5. The summed E-state index contributed by atoms with van der Waals surface area (Å²) in [7, 11) is 0. The summed E-state index contributed by atoms with van der Waals surface area (Å²) in [6.45, 7) is 0. The van der Waals surface area contributed by atoms with E-state index in [4.69, 9.17) is 4.42 Å². The molecule has 0 unspecified atom stereocenters. The van der Waals surface area contributed by atoms with Crippen LogP contribution in [0, 0.1) is 0 Å². The predicted molar refractivity (Wildman–Crippen MR) is 228 cm³/mol. The smallest absolute Gasteiger partial charge is 0.143 e. The number of benzene rings is 9. The molecular weight excluding hydrogens is 655 g/mol. The Hall–Kier alpha value is -7.16. The second-order valence-electron chi connectivity index (χ2n) is 13.7. The van der Waals surface area contributed by atoms with Crippen LogP contribution in [-0.2, 0) is 0 Å². The third kappa shape index (κ3) is 5.62. The average Bonchev–Trinajstić information content (AvgIpc) is 3.65. The number of anilines is 3. The Bertz CT molecular complexity index is 2890. The molecule has 2 nitrogen and oxygen atoms in total. The van der Waals surface area contributed by atoms with Crippen LogP contribution in [0.2, 0.25) is 0 Å². The van der Waals surface area contributed by atoms with E-state index in [2.05, 4.69) is 217 Å². The highest BCUT2D eigenvalue weighted by molar-refractivity contribution is 6.22. The van der Waals surface area contributed by atoms with Crippen molar-refractivity contribution in [3.05, 3.63) is 212 Å². The lowest BCUT2D eigenvalue weighted by atomic mass is 9.93. The van der Waals surface area contributed by atoms with E-state index in [0.717, 1.165) is 44.4 Å². The summed E-state index contributed by atoms with van der Waals surface area (Å²) in [6.07, 6.45) is 0. The summed E-state index contributed by atoms with van der Waals surface area (Å²) >= 11 is 0. The van der Waals surface area contributed by atoms with Crippen molar-refractivity contribution in [2.75, 3.05) is 4.90 Å². The molecule has 0 spiro atoms. The predicted octanol–water partition coefficient (Wildman–Crippen LogP) is 14.9. The zero-order valence-corrected chi connectivity index (χ0v) is 29.6. The number of hydrogen-bond donors (Lipinski definition) is 0. The zero-order chi connectivity index (χ0) is 35.8. The van der Waals surface area contributed by atoms with Gasteiger partial charge >= 0.3 is 0 Å². The van der Waals surface area contributed by atoms with Gasteiger partial charge in [-0.05, 0) is 98.4 Å². The van der Waals surface area contributed by atoms with Crippen molar-refractivity contribution in [1.29, 1.82) is 0 Å². The molecule has 0 saturated carbocycles. The Kier molecular flexibility index (Phi) is 7.85. The van der Waals surface area contributed by atoms with E-state index in [0.29, 0.717) is 0 Å². The number of hydrogen-bond acceptors (Lipinski definition) is 2. The molecule has 10 aromatic rings. The van der Waals surface area contributed by atoms with Gasteiger partial charge in [0, 0.05) is 22.1 Å². The first-order valence-electron chi connectivity index (χ1n) is 18.4. The molecule has 2 heteroatoms. The maximum Gasteiger partial charge on any atom is 0.143 e. The molecule has 0 aliphatic rings. The van der Waals surface area contributed by atoms with Gasteiger partial charge in [-0.3, -0.25) is 0 Å². The summed E-state index contributed by atoms with van der Waals surface area (Å²) < 4.78 is 6.80. The molecule has 254 valence electrons. The van der Waals surface area contributed by atoms with Crippen LogP contribution in [0.25, 0.3) is 77.2 Å². The van der Waals surface area contributed by atoms with Gasteiger partial charge in [-0.2, -0.15) is 0 Å². The SMILES string of the molecule is c1ccc(-c2ccc(-c3ccc(N(c4ccccc4)c4cccc5oc6c7ccccc7c(-c7cccc(-c8ccccc8)c7)cc6c45)cc3)cc2)cc1. The second-order valence-corrected chi connectivity index (χ2v) is 13.7. The Balaban J connectivity index is 1.13. The molecule has 0 radical (unpaired) electrons. The molecule has 10 rings (SSSR count). The van der Waals surface area contributed by atoms with Crippen LogP contribution in [-0.4, -0.2) is 0 Å². The van der Waals surface area contributed by atoms with Gasteiger partial charge in [-0.15, -0.1) is 0 Å². The molecule has 1 heterocycles. The molecular formula is C52H35NO. The van der Waals surface area contributed by atoms with Crippen molar-refractivity contribution in [1.82, 2.24) is 0 Å². The quantitative estimate of drug-likeness (QED) is 0.166. The first-order valence-corrected chi connectivity index (χ1v) is 18.4. The Morgan fingerprint density at radius 1 is 0.315 bits per heavy atom.